The number of nitrogens with one attached hydrogen (secondary N) is 3. The first-order valence-electron chi connectivity index (χ1n) is 9.41. The van der Waals surface area contributed by atoms with E-state index in [4.69, 9.17) is 0 Å². The lowest BCUT2D eigenvalue weighted by Gasteiger charge is -2.29. The Morgan fingerprint density at radius 1 is 1.25 bits per heavy atom. The highest BCUT2D eigenvalue weighted by atomic mass is 19.3. The molecule has 3 aliphatic rings. The van der Waals surface area contributed by atoms with Gasteiger partial charge >= 0.3 is 0 Å². The average Bonchev–Trinajstić information content (AvgIpc) is 3.14. The minimum Gasteiger partial charge on any atom is -0.322 e. The molecule has 2 unspecified atom stereocenters. The Bertz CT molecular complexity index is 829. The maximum atomic E-state index is 13.6. The Hall–Kier alpha value is -2.39. The van der Waals surface area contributed by atoms with Gasteiger partial charge in [0.1, 0.15) is 6.04 Å². The lowest BCUT2D eigenvalue weighted by Crippen LogP contribution is -2.52. The van der Waals surface area contributed by atoms with E-state index in [2.05, 4.69) is 16.0 Å². The van der Waals surface area contributed by atoms with Gasteiger partial charge in [-0.2, -0.15) is 0 Å². The quantitative estimate of drug-likeness (QED) is 0.631. The summed E-state index contributed by atoms with van der Waals surface area (Å²) in [6.45, 7) is 0.944. The third-order valence-electron chi connectivity index (χ3n) is 5.66. The molecule has 3 heterocycles. The first-order chi connectivity index (χ1) is 13.3. The van der Waals surface area contributed by atoms with Gasteiger partial charge in [-0.15, -0.1) is 0 Å². The molecule has 2 atom stereocenters. The zero-order valence-corrected chi connectivity index (χ0v) is 15.3. The number of imide groups is 1. The largest absolute Gasteiger partial charge is 0.322 e. The smallest absolute Gasteiger partial charge is 0.265 e. The van der Waals surface area contributed by atoms with Gasteiger partial charge in [0.15, 0.2) is 0 Å². The molecular formula is C19H22F2N4O3. The number of fused-ring (bicyclic) bond motifs is 1. The van der Waals surface area contributed by atoms with Crippen LogP contribution in [0, 0.1) is 5.92 Å². The number of carbonyl (C=O) groups is 3. The Morgan fingerprint density at radius 2 is 2.07 bits per heavy atom. The van der Waals surface area contributed by atoms with Crippen LogP contribution < -0.4 is 16.0 Å². The lowest BCUT2D eigenvalue weighted by atomic mass is 10.0. The molecule has 4 rings (SSSR count). The first-order valence-corrected chi connectivity index (χ1v) is 9.41. The summed E-state index contributed by atoms with van der Waals surface area (Å²) in [5, 5.41) is 8.05. The van der Waals surface area contributed by atoms with E-state index in [9.17, 15) is 23.2 Å². The van der Waals surface area contributed by atoms with Gasteiger partial charge in [0, 0.05) is 44.1 Å². The molecule has 1 aromatic rings. The molecule has 9 heteroatoms. The molecule has 0 radical (unpaired) electrons. The Balaban J connectivity index is 1.38. The Labute approximate surface area is 160 Å². The fraction of sp³-hybridized carbons (Fsp3) is 0.526. The van der Waals surface area contributed by atoms with Crippen molar-refractivity contribution in [1.82, 2.24) is 20.9 Å². The predicted octanol–water partition coefficient (Wildman–Crippen LogP) is 0.392. The maximum Gasteiger partial charge on any atom is 0.265 e. The predicted molar refractivity (Wildman–Crippen MR) is 95.5 cm³/mol. The number of piperidine rings is 1. The van der Waals surface area contributed by atoms with Crippen LogP contribution in [-0.4, -0.2) is 54.2 Å². The van der Waals surface area contributed by atoms with Gasteiger partial charge in [-0.25, -0.2) is 8.78 Å². The standard InChI is InChI=1S/C19H22F2N4O3/c20-19(21)10-23-8-13(19)7-22-6-11-1-2-14-12(5-11)9-25(18(14)28)15-3-4-16(26)24-17(15)27/h1-2,5,13,15,22-23H,3-4,6-10H2,(H,24,26,27). The van der Waals surface area contributed by atoms with Crippen LogP contribution in [0.1, 0.15) is 34.3 Å². The van der Waals surface area contributed by atoms with E-state index in [1.165, 1.54) is 4.90 Å². The average molecular weight is 392 g/mol. The van der Waals surface area contributed by atoms with Crippen LogP contribution in [0.4, 0.5) is 8.78 Å². The number of carbonyl (C=O) groups excluding carboxylic acids is 3. The zero-order valence-electron chi connectivity index (χ0n) is 15.3. The van der Waals surface area contributed by atoms with Gasteiger partial charge in [-0.3, -0.25) is 19.7 Å². The van der Waals surface area contributed by atoms with Gasteiger partial charge in [0.25, 0.3) is 11.8 Å². The molecule has 28 heavy (non-hydrogen) atoms. The minimum atomic E-state index is -2.69. The van der Waals surface area contributed by atoms with E-state index in [0.29, 0.717) is 31.6 Å². The summed E-state index contributed by atoms with van der Waals surface area (Å²) < 4.78 is 27.3. The van der Waals surface area contributed by atoms with Crippen LogP contribution in [0.5, 0.6) is 0 Å². The van der Waals surface area contributed by atoms with Crippen molar-refractivity contribution in [2.24, 2.45) is 5.92 Å². The third-order valence-corrected chi connectivity index (χ3v) is 5.66. The van der Waals surface area contributed by atoms with Crippen molar-refractivity contribution in [2.45, 2.75) is 37.9 Å². The molecule has 7 nitrogen and oxygen atoms in total. The highest BCUT2D eigenvalue weighted by Gasteiger charge is 2.43. The fourth-order valence-corrected chi connectivity index (χ4v) is 4.06. The van der Waals surface area contributed by atoms with Crippen LogP contribution in [0.3, 0.4) is 0 Å². The normalized spacial score (nSPS) is 26.5. The SMILES string of the molecule is O=C1CCC(N2Cc3cc(CNCC4CNCC4(F)F)ccc3C2=O)C(=O)N1. The number of amides is 3. The van der Waals surface area contributed by atoms with E-state index in [-0.39, 0.29) is 31.3 Å². The van der Waals surface area contributed by atoms with Crippen molar-refractivity contribution in [3.05, 3.63) is 34.9 Å². The van der Waals surface area contributed by atoms with E-state index < -0.39 is 23.8 Å². The first kappa shape index (κ1) is 18.9. The second-order valence-corrected chi connectivity index (χ2v) is 7.61. The van der Waals surface area contributed by atoms with Crippen molar-refractivity contribution in [2.75, 3.05) is 19.6 Å². The Kier molecular flexibility index (Phi) is 4.88. The molecule has 0 bridgehead atoms. The molecule has 0 aliphatic carbocycles. The van der Waals surface area contributed by atoms with Crippen molar-refractivity contribution < 1.29 is 23.2 Å². The summed E-state index contributed by atoms with van der Waals surface area (Å²) in [5.41, 5.74) is 2.24. The van der Waals surface area contributed by atoms with Gasteiger partial charge in [0.05, 0.1) is 6.54 Å². The lowest BCUT2D eigenvalue weighted by molar-refractivity contribution is -0.136. The van der Waals surface area contributed by atoms with Crippen LogP contribution in [0.15, 0.2) is 18.2 Å². The summed E-state index contributed by atoms with van der Waals surface area (Å²) in [4.78, 5) is 37.5. The summed E-state index contributed by atoms with van der Waals surface area (Å²) in [7, 11) is 0. The Morgan fingerprint density at radius 3 is 2.79 bits per heavy atom. The van der Waals surface area contributed by atoms with Crippen molar-refractivity contribution in [1.29, 1.82) is 0 Å². The molecule has 0 saturated carbocycles. The second-order valence-electron chi connectivity index (χ2n) is 7.61. The zero-order chi connectivity index (χ0) is 19.9. The number of rotatable bonds is 5. The maximum absolute atomic E-state index is 13.6. The minimum absolute atomic E-state index is 0.207. The van der Waals surface area contributed by atoms with Gasteiger partial charge < -0.3 is 15.5 Å². The van der Waals surface area contributed by atoms with Crippen molar-refractivity contribution in [3.63, 3.8) is 0 Å². The van der Waals surface area contributed by atoms with Crippen molar-refractivity contribution >= 4 is 17.7 Å². The molecule has 3 aliphatic heterocycles. The topological polar surface area (TPSA) is 90.5 Å². The molecule has 0 spiro atoms. The van der Waals surface area contributed by atoms with Gasteiger partial charge in [-0.05, 0) is 23.6 Å². The second kappa shape index (κ2) is 7.21. The van der Waals surface area contributed by atoms with Gasteiger partial charge in [-0.1, -0.05) is 12.1 Å². The number of hydrogen-bond acceptors (Lipinski definition) is 5. The van der Waals surface area contributed by atoms with E-state index in [1.54, 1.807) is 12.1 Å². The summed E-state index contributed by atoms with van der Waals surface area (Å²) >= 11 is 0. The van der Waals surface area contributed by atoms with Crippen LogP contribution in [-0.2, 0) is 22.7 Å². The molecule has 3 N–H and O–H groups in total. The molecular weight excluding hydrogens is 370 g/mol. The summed E-state index contributed by atoms with van der Waals surface area (Å²) in [6.07, 6.45) is 0.537. The molecule has 2 fully saturated rings. The molecule has 0 aromatic heterocycles. The fourth-order valence-electron chi connectivity index (χ4n) is 4.06. The highest BCUT2D eigenvalue weighted by molar-refractivity contribution is 6.05. The van der Waals surface area contributed by atoms with Crippen LogP contribution in [0.25, 0.3) is 0 Å². The third kappa shape index (κ3) is 3.51. The van der Waals surface area contributed by atoms with Crippen molar-refractivity contribution in [3.8, 4) is 0 Å². The van der Waals surface area contributed by atoms with E-state index in [0.717, 1.165) is 11.1 Å². The number of alkyl halides is 2. The molecule has 150 valence electrons. The van der Waals surface area contributed by atoms with E-state index in [1.807, 2.05) is 6.07 Å². The monoisotopic (exact) mass is 392 g/mol. The van der Waals surface area contributed by atoms with E-state index >= 15 is 0 Å². The number of halogens is 2. The molecule has 3 amide bonds. The highest BCUT2D eigenvalue weighted by Crippen LogP contribution is 2.29. The summed E-state index contributed by atoms with van der Waals surface area (Å²) in [6, 6.07) is 4.74. The summed E-state index contributed by atoms with van der Waals surface area (Å²) in [5.74, 6) is -4.40. The number of nitrogens with zero attached hydrogens (tertiary/aromatic N) is 1. The number of hydrogen-bond donors (Lipinski definition) is 3. The van der Waals surface area contributed by atoms with Gasteiger partial charge in [0.2, 0.25) is 11.8 Å². The van der Waals surface area contributed by atoms with Crippen LogP contribution in [0.2, 0.25) is 0 Å². The molecule has 1 aromatic carbocycles. The molecule has 2 saturated heterocycles. The number of benzene rings is 1. The van der Waals surface area contributed by atoms with Crippen LogP contribution >= 0.6 is 0 Å².